The molecular weight excluding hydrogens is 260 g/mol. The number of rotatable bonds is 6. The molecular formula is C18H26N2O. The quantitative estimate of drug-likeness (QED) is 0.841. The zero-order chi connectivity index (χ0) is 15.0. The third-order valence-electron chi connectivity index (χ3n) is 4.75. The molecule has 1 unspecified atom stereocenters. The summed E-state index contributed by atoms with van der Waals surface area (Å²) in [7, 11) is 0. The molecule has 0 bridgehead atoms. The van der Waals surface area contributed by atoms with E-state index in [-0.39, 0.29) is 11.9 Å². The predicted molar refractivity (Wildman–Crippen MR) is 86.4 cm³/mol. The van der Waals surface area contributed by atoms with Gasteiger partial charge in [0.05, 0.1) is 6.04 Å². The van der Waals surface area contributed by atoms with Gasteiger partial charge in [0.25, 0.3) is 0 Å². The maximum absolute atomic E-state index is 12.4. The summed E-state index contributed by atoms with van der Waals surface area (Å²) in [6.07, 6.45) is 5.33. The zero-order valence-electron chi connectivity index (χ0n) is 13.3. The number of anilines is 1. The van der Waals surface area contributed by atoms with Gasteiger partial charge in [0.15, 0.2) is 0 Å². The minimum Gasteiger partial charge on any atom is -0.324 e. The SMILES string of the molecule is Cc1ccc(C)c(NC(=O)C(C)NC(C2CC2)C2CC2)c1. The van der Waals surface area contributed by atoms with Crippen LogP contribution in [0.25, 0.3) is 0 Å². The minimum atomic E-state index is -0.129. The molecule has 3 rings (SSSR count). The number of benzene rings is 1. The van der Waals surface area contributed by atoms with Crippen LogP contribution in [0.2, 0.25) is 0 Å². The number of nitrogens with one attached hydrogen (secondary N) is 2. The molecule has 1 amide bonds. The van der Waals surface area contributed by atoms with Crippen LogP contribution in [0, 0.1) is 25.7 Å². The summed E-state index contributed by atoms with van der Waals surface area (Å²) in [5, 5.41) is 6.66. The number of carbonyl (C=O) groups excluding carboxylic acids is 1. The molecule has 0 heterocycles. The van der Waals surface area contributed by atoms with Gasteiger partial charge in [0.1, 0.15) is 0 Å². The average molecular weight is 286 g/mol. The van der Waals surface area contributed by atoms with E-state index in [0.29, 0.717) is 6.04 Å². The van der Waals surface area contributed by atoms with E-state index in [1.807, 2.05) is 26.8 Å². The fourth-order valence-corrected chi connectivity index (χ4v) is 3.04. The monoisotopic (exact) mass is 286 g/mol. The van der Waals surface area contributed by atoms with Gasteiger partial charge in [-0.2, -0.15) is 0 Å². The van der Waals surface area contributed by atoms with E-state index in [1.54, 1.807) is 0 Å². The third kappa shape index (κ3) is 3.65. The molecule has 3 heteroatoms. The van der Waals surface area contributed by atoms with Crippen molar-refractivity contribution in [2.45, 2.75) is 58.5 Å². The molecule has 114 valence electrons. The molecule has 2 aliphatic rings. The van der Waals surface area contributed by atoms with Crippen LogP contribution in [-0.2, 0) is 4.79 Å². The van der Waals surface area contributed by atoms with Crippen molar-refractivity contribution in [1.82, 2.24) is 5.32 Å². The van der Waals surface area contributed by atoms with Crippen molar-refractivity contribution in [3.05, 3.63) is 29.3 Å². The predicted octanol–water partition coefficient (Wildman–Crippen LogP) is 3.41. The first-order valence-electron chi connectivity index (χ1n) is 8.19. The Hall–Kier alpha value is -1.35. The van der Waals surface area contributed by atoms with Crippen molar-refractivity contribution < 1.29 is 4.79 Å². The lowest BCUT2D eigenvalue weighted by Gasteiger charge is -2.23. The van der Waals surface area contributed by atoms with Crippen molar-refractivity contribution in [3.8, 4) is 0 Å². The zero-order valence-corrected chi connectivity index (χ0v) is 13.3. The number of aryl methyl sites for hydroxylation is 2. The van der Waals surface area contributed by atoms with Crippen molar-refractivity contribution in [1.29, 1.82) is 0 Å². The van der Waals surface area contributed by atoms with Gasteiger partial charge in [-0.05, 0) is 75.5 Å². The topological polar surface area (TPSA) is 41.1 Å². The van der Waals surface area contributed by atoms with Crippen LogP contribution in [-0.4, -0.2) is 18.0 Å². The molecule has 0 aliphatic heterocycles. The van der Waals surface area contributed by atoms with Crippen LogP contribution in [0.3, 0.4) is 0 Å². The summed E-state index contributed by atoms with van der Waals surface area (Å²) in [6.45, 7) is 6.07. The van der Waals surface area contributed by atoms with Crippen LogP contribution < -0.4 is 10.6 Å². The summed E-state index contributed by atoms with van der Waals surface area (Å²) >= 11 is 0. The highest BCUT2D eigenvalue weighted by atomic mass is 16.2. The molecule has 0 spiro atoms. The molecule has 3 nitrogen and oxygen atoms in total. The normalized spacial score (nSPS) is 19.6. The Bertz CT molecular complexity index is 520. The molecule has 2 fully saturated rings. The third-order valence-corrected chi connectivity index (χ3v) is 4.75. The largest absolute Gasteiger partial charge is 0.324 e. The molecule has 0 saturated heterocycles. The summed E-state index contributed by atoms with van der Waals surface area (Å²) in [4.78, 5) is 12.4. The van der Waals surface area contributed by atoms with E-state index in [1.165, 1.54) is 31.2 Å². The first kappa shape index (κ1) is 14.6. The molecule has 0 aromatic heterocycles. The average Bonchev–Trinajstić information content (AvgIpc) is 3.32. The van der Waals surface area contributed by atoms with Gasteiger partial charge in [-0.15, -0.1) is 0 Å². The highest BCUT2D eigenvalue weighted by molar-refractivity contribution is 5.95. The Morgan fingerprint density at radius 2 is 1.76 bits per heavy atom. The lowest BCUT2D eigenvalue weighted by atomic mass is 10.1. The van der Waals surface area contributed by atoms with Crippen LogP contribution in [0.5, 0.6) is 0 Å². The maximum atomic E-state index is 12.4. The maximum Gasteiger partial charge on any atom is 0.241 e. The Kier molecular flexibility index (Phi) is 4.03. The van der Waals surface area contributed by atoms with E-state index in [0.717, 1.165) is 23.1 Å². The fourth-order valence-electron chi connectivity index (χ4n) is 3.04. The minimum absolute atomic E-state index is 0.0787. The van der Waals surface area contributed by atoms with E-state index in [9.17, 15) is 4.79 Å². The molecule has 1 atom stereocenters. The number of amides is 1. The van der Waals surface area contributed by atoms with Gasteiger partial charge in [-0.3, -0.25) is 4.79 Å². The van der Waals surface area contributed by atoms with Gasteiger partial charge in [0.2, 0.25) is 5.91 Å². The summed E-state index contributed by atoms with van der Waals surface area (Å²) in [5.41, 5.74) is 3.22. The molecule has 2 aliphatic carbocycles. The summed E-state index contributed by atoms with van der Waals surface area (Å²) < 4.78 is 0. The Morgan fingerprint density at radius 3 is 2.33 bits per heavy atom. The van der Waals surface area contributed by atoms with E-state index >= 15 is 0 Å². The molecule has 2 saturated carbocycles. The second-order valence-corrected chi connectivity index (χ2v) is 6.90. The van der Waals surface area contributed by atoms with Gasteiger partial charge < -0.3 is 10.6 Å². The molecule has 21 heavy (non-hydrogen) atoms. The van der Waals surface area contributed by atoms with Crippen molar-refractivity contribution >= 4 is 11.6 Å². The van der Waals surface area contributed by atoms with Gasteiger partial charge in [-0.1, -0.05) is 12.1 Å². The van der Waals surface area contributed by atoms with E-state index in [4.69, 9.17) is 0 Å². The fraction of sp³-hybridized carbons (Fsp3) is 0.611. The van der Waals surface area contributed by atoms with Crippen molar-refractivity contribution in [2.75, 3.05) is 5.32 Å². The van der Waals surface area contributed by atoms with Gasteiger partial charge in [0, 0.05) is 11.7 Å². The first-order valence-corrected chi connectivity index (χ1v) is 8.19. The number of hydrogen-bond donors (Lipinski definition) is 2. The molecule has 1 aromatic rings. The number of carbonyl (C=O) groups is 1. The smallest absolute Gasteiger partial charge is 0.241 e. The lowest BCUT2D eigenvalue weighted by molar-refractivity contribution is -0.118. The molecule has 0 radical (unpaired) electrons. The highest BCUT2D eigenvalue weighted by Gasteiger charge is 2.42. The highest BCUT2D eigenvalue weighted by Crippen LogP contribution is 2.44. The van der Waals surface area contributed by atoms with Gasteiger partial charge >= 0.3 is 0 Å². The second-order valence-electron chi connectivity index (χ2n) is 6.90. The van der Waals surface area contributed by atoms with Gasteiger partial charge in [-0.25, -0.2) is 0 Å². The van der Waals surface area contributed by atoms with Crippen LogP contribution in [0.15, 0.2) is 18.2 Å². The lowest BCUT2D eigenvalue weighted by Crippen LogP contribution is -2.46. The number of hydrogen-bond acceptors (Lipinski definition) is 2. The van der Waals surface area contributed by atoms with Crippen molar-refractivity contribution in [3.63, 3.8) is 0 Å². The van der Waals surface area contributed by atoms with Crippen LogP contribution >= 0.6 is 0 Å². The Morgan fingerprint density at radius 1 is 1.14 bits per heavy atom. The van der Waals surface area contributed by atoms with Crippen LogP contribution in [0.1, 0.15) is 43.7 Å². The standard InChI is InChI=1S/C18H26N2O/c1-11-4-5-12(2)16(10-11)20-18(21)13(3)19-17(14-6-7-14)15-8-9-15/h4-5,10,13-15,17,19H,6-9H2,1-3H3,(H,20,21). The van der Waals surface area contributed by atoms with E-state index < -0.39 is 0 Å². The molecule has 1 aromatic carbocycles. The summed E-state index contributed by atoms with van der Waals surface area (Å²) in [5.74, 6) is 1.71. The Balaban J connectivity index is 1.60. The second kappa shape index (κ2) is 5.80. The van der Waals surface area contributed by atoms with Crippen molar-refractivity contribution in [2.24, 2.45) is 11.8 Å². The Labute approximate surface area is 127 Å². The molecule has 2 N–H and O–H groups in total. The van der Waals surface area contributed by atoms with E-state index in [2.05, 4.69) is 22.8 Å². The van der Waals surface area contributed by atoms with Crippen LogP contribution in [0.4, 0.5) is 5.69 Å². The summed E-state index contributed by atoms with van der Waals surface area (Å²) in [6, 6.07) is 6.60. The first-order chi connectivity index (χ1) is 10.0.